The van der Waals surface area contributed by atoms with Crippen molar-refractivity contribution in [3.05, 3.63) is 40.6 Å². The monoisotopic (exact) mass is 448 g/mol. The van der Waals surface area contributed by atoms with E-state index in [4.69, 9.17) is 13.9 Å². The molecule has 4 atom stereocenters. The van der Waals surface area contributed by atoms with E-state index in [9.17, 15) is 40.5 Å². The minimum atomic E-state index is -1.49. The summed E-state index contributed by atoms with van der Waals surface area (Å²) in [4.78, 5) is 13.2. The number of phenolic OH excluding ortho intramolecular Hbond substituents is 4. The third-order valence-electron chi connectivity index (χ3n) is 5.10. The number of aliphatic hydroxyl groups is 3. The van der Waals surface area contributed by atoms with Gasteiger partial charge in [-0.3, -0.25) is 4.79 Å². The van der Waals surface area contributed by atoms with Crippen LogP contribution in [-0.4, -0.2) is 67.0 Å². The van der Waals surface area contributed by atoms with Crippen LogP contribution < -0.4 is 10.2 Å². The van der Waals surface area contributed by atoms with Gasteiger partial charge >= 0.3 is 0 Å². The molecule has 4 rings (SSSR count). The molecule has 170 valence electrons. The van der Waals surface area contributed by atoms with Gasteiger partial charge in [-0.1, -0.05) is 0 Å². The lowest BCUT2D eigenvalue weighted by Crippen LogP contribution is -2.51. The van der Waals surface area contributed by atoms with Crippen molar-refractivity contribution < 1.29 is 49.6 Å². The summed E-state index contributed by atoms with van der Waals surface area (Å²) in [5, 5.41) is 68.6. The molecule has 0 amide bonds. The van der Waals surface area contributed by atoms with E-state index >= 15 is 0 Å². The normalized spacial score (nSPS) is 23.3. The molecular formula is C21H20O11. The van der Waals surface area contributed by atoms with Gasteiger partial charge in [0.05, 0.1) is 12.7 Å². The van der Waals surface area contributed by atoms with E-state index in [1.165, 1.54) is 6.07 Å². The number of hydrogen-bond acceptors (Lipinski definition) is 11. The highest BCUT2D eigenvalue weighted by atomic mass is 16.7. The molecule has 2 heterocycles. The van der Waals surface area contributed by atoms with Crippen LogP contribution in [0.15, 0.2) is 39.5 Å². The fraction of sp³-hybridized carbons (Fsp3) is 0.286. The average molecular weight is 448 g/mol. The number of fused-ring (bicyclic) bond motifs is 1. The summed E-state index contributed by atoms with van der Waals surface area (Å²) in [6.07, 6.45) is -5.31. The van der Waals surface area contributed by atoms with Crippen molar-refractivity contribution >= 4 is 11.0 Å². The van der Waals surface area contributed by atoms with E-state index in [2.05, 4.69) is 0 Å². The van der Waals surface area contributed by atoms with Crippen molar-refractivity contribution in [3.8, 4) is 40.1 Å². The molecule has 0 aliphatic carbocycles. The van der Waals surface area contributed by atoms with Gasteiger partial charge in [0.25, 0.3) is 0 Å². The molecule has 0 radical (unpaired) electrons. The summed E-state index contributed by atoms with van der Waals surface area (Å²) in [5.74, 6) is -2.69. The average Bonchev–Trinajstić information content (AvgIpc) is 2.73. The van der Waals surface area contributed by atoms with Gasteiger partial charge in [-0.15, -0.1) is 0 Å². The highest BCUT2D eigenvalue weighted by Gasteiger charge is 2.38. The first-order valence-corrected chi connectivity index (χ1v) is 9.53. The smallest absolute Gasteiger partial charge is 0.239 e. The number of rotatable bonds is 4. The van der Waals surface area contributed by atoms with E-state index in [0.29, 0.717) is 0 Å². The zero-order valence-electron chi connectivity index (χ0n) is 16.4. The maximum absolute atomic E-state index is 13.2. The zero-order chi connectivity index (χ0) is 23.2. The maximum Gasteiger partial charge on any atom is 0.239 e. The van der Waals surface area contributed by atoms with Crippen LogP contribution in [0.5, 0.6) is 28.7 Å². The Labute approximate surface area is 179 Å². The minimum Gasteiger partial charge on any atom is -0.508 e. The Morgan fingerprint density at radius 3 is 2.41 bits per heavy atom. The second kappa shape index (κ2) is 8.20. The molecule has 1 saturated heterocycles. The molecule has 0 spiro atoms. The van der Waals surface area contributed by atoms with Gasteiger partial charge in [0, 0.05) is 24.1 Å². The van der Waals surface area contributed by atoms with Gasteiger partial charge in [0.2, 0.25) is 17.5 Å². The molecular weight excluding hydrogens is 428 g/mol. The van der Waals surface area contributed by atoms with Crippen molar-refractivity contribution in [2.75, 3.05) is 6.61 Å². The standard InChI is InChI=1S/C21H20O11/c22-7-16-12(26)6-14(28)21(31-16)32-20-18(29)17-13(27)4-9(23)5-15(17)30-19(20)8-1-2-10(24)11(25)3-8/h1-5,12,14,16,21-28H,6-7H2/t12-,14-,16-,21+/m1/s1. The van der Waals surface area contributed by atoms with Crippen molar-refractivity contribution in [1.29, 1.82) is 0 Å². The minimum absolute atomic E-state index is 0.0844. The van der Waals surface area contributed by atoms with Crippen LogP contribution in [0.1, 0.15) is 6.42 Å². The van der Waals surface area contributed by atoms with E-state index in [1.54, 1.807) is 0 Å². The van der Waals surface area contributed by atoms with E-state index in [-0.39, 0.29) is 34.5 Å². The molecule has 3 aromatic rings. The van der Waals surface area contributed by atoms with Crippen LogP contribution in [0.25, 0.3) is 22.3 Å². The lowest BCUT2D eigenvalue weighted by Gasteiger charge is -2.36. The lowest BCUT2D eigenvalue weighted by atomic mass is 10.0. The highest BCUT2D eigenvalue weighted by Crippen LogP contribution is 2.39. The van der Waals surface area contributed by atoms with Crippen LogP contribution in [-0.2, 0) is 4.74 Å². The molecule has 0 unspecified atom stereocenters. The van der Waals surface area contributed by atoms with Crippen LogP contribution in [0.3, 0.4) is 0 Å². The Kier molecular flexibility index (Phi) is 5.57. The van der Waals surface area contributed by atoms with Crippen molar-refractivity contribution in [2.24, 2.45) is 0 Å². The molecule has 1 aliphatic heterocycles. The number of benzene rings is 2. The fourth-order valence-corrected chi connectivity index (χ4v) is 3.48. The van der Waals surface area contributed by atoms with Crippen LogP contribution in [0.2, 0.25) is 0 Å². The van der Waals surface area contributed by atoms with E-state index < -0.39 is 59.6 Å². The predicted molar refractivity (Wildman–Crippen MR) is 108 cm³/mol. The third kappa shape index (κ3) is 3.78. The van der Waals surface area contributed by atoms with Crippen molar-refractivity contribution in [2.45, 2.75) is 31.0 Å². The molecule has 0 saturated carbocycles. The molecule has 1 fully saturated rings. The predicted octanol–water partition coefficient (Wildman–Crippen LogP) is 0.490. The topological polar surface area (TPSA) is 190 Å². The first kappa shape index (κ1) is 21.7. The molecule has 0 bridgehead atoms. The fourth-order valence-electron chi connectivity index (χ4n) is 3.48. The first-order valence-electron chi connectivity index (χ1n) is 9.53. The Morgan fingerprint density at radius 2 is 1.72 bits per heavy atom. The largest absolute Gasteiger partial charge is 0.508 e. The Morgan fingerprint density at radius 1 is 0.969 bits per heavy atom. The Bertz CT molecular complexity index is 1220. The summed E-state index contributed by atoms with van der Waals surface area (Å²) in [6.45, 7) is -0.571. The second-order valence-electron chi connectivity index (χ2n) is 7.34. The second-order valence-corrected chi connectivity index (χ2v) is 7.34. The molecule has 1 aliphatic rings. The van der Waals surface area contributed by atoms with Crippen LogP contribution in [0.4, 0.5) is 0 Å². The van der Waals surface area contributed by atoms with Gasteiger partial charge in [0.1, 0.15) is 34.7 Å². The molecule has 7 N–H and O–H groups in total. The van der Waals surface area contributed by atoms with Crippen molar-refractivity contribution in [3.63, 3.8) is 0 Å². The van der Waals surface area contributed by atoms with Crippen LogP contribution in [0, 0.1) is 0 Å². The number of ether oxygens (including phenoxy) is 2. The Balaban J connectivity index is 1.90. The quantitative estimate of drug-likeness (QED) is 0.275. The van der Waals surface area contributed by atoms with E-state index in [1.807, 2.05) is 0 Å². The molecule has 1 aromatic heterocycles. The summed E-state index contributed by atoms with van der Waals surface area (Å²) in [7, 11) is 0. The summed E-state index contributed by atoms with van der Waals surface area (Å²) >= 11 is 0. The third-order valence-corrected chi connectivity index (χ3v) is 5.10. The zero-order valence-corrected chi connectivity index (χ0v) is 16.4. The molecule has 32 heavy (non-hydrogen) atoms. The van der Waals surface area contributed by atoms with Gasteiger partial charge in [-0.2, -0.15) is 0 Å². The summed E-state index contributed by atoms with van der Waals surface area (Å²) < 4.78 is 16.7. The van der Waals surface area contributed by atoms with Gasteiger partial charge in [0.15, 0.2) is 17.3 Å². The highest BCUT2D eigenvalue weighted by molar-refractivity contribution is 5.88. The van der Waals surface area contributed by atoms with Gasteiger partial charge < -0.3 is 49.6 Å². The number of hydrogen-bond donors (Lipinski definition) is 7. The first-order chi connectivity index (χ1) is 15.2. The SMILES string of the molecule is O=c1c(O[C@@H]2O[C@H](CO)[C@H](O)C[C@H]2O)c(-c2ccc(O)c(O)c2)oc2cc(O)cc(O)c12. The molecule has 11 heteroatoms. The van der Waals surface area contributed by atoms with E-state index in [0.717, 1.165) is 24.3 Å². The number of aliphatic hydroxyl groups excluding tert-OH is 3. The summed E-state index contributed by atoms with van der Waals surface area (Å²) in [6, 6.07) is 5.57. The van der Waals surface area contributed by atoms with Crippen LogP contribution >= 0.6 is 0 Å². The number of aromatic hydroxyl groups is 4. The molecule has 11 nitrogen and oxygen atoms in total. The van der Waals surface area contributed by atoms with Crippen molar-refractivity contribution in [1.82, 2.24) is 0 Å². The van der Waals surface area contributed by atoms with Gasteiger partial charge in [-0.25, -0.2) is 0 Å². The van der Waals surface area contributed by atoms with Gasteiger partial charge in [-0.05, 0) is 18.2 Å². The maximum atomic E-state index is 13.2. The summed E-state index contributed by atoms with van der Waals surface area (Å²) in [5.41, 5.74) is -0.994. The number of phenols is 4. The lowest BCUT2D eigenvalue weighted by molar-refractivity contribution is -0.240. The Hall–Kier alpha value is -3.51. The molecule has 2 aromatic carbocycles.